The van der Waals surface area contributed by atoms with Gasteiger partial charge in [0.15, 0.2) is 0 Å². The van der Waals surface area contributed by atoms with Crippen molar-refractivity contribution in [1.29, 1.82) is 0 Å². The molecule has 0 aliphatic heterocycles. The molecule has 0 aliphatic carbocycles. The lowest BCUT2D eigenvalue weighted by atomic mass is 10.0. The van der Waals surface area contributed by atoms with Crippen LogP contribution in [0.5, 0.6) is 0 Å². The van der Waals surface area contributed by atoms with Gasteiger partial charge in [0.05, 0.1) is 0 Å². The molecule has 0 heterocycles. The third-order valence-corrected chi connectivity index (χ3v) is 3.26. The largest absolute Gasteiger partial charge is 0.481 e. The summed E-state index contributed by atoms with van der Waals surface area (Å²) in [5, 5.41) is 11.7. The first-order valence-electron chi connectivity index (χ1n) is 7.22. The van der Waals surface area contributed by atoms with E-state index in [1.807, 2.05) is 0 Å². The van der Waals surface area contributed by atoms with Crippen LogP contribution in [0.2, 0.25) is 5.02 Å². The summed E-state index contributed by atoms with van der Waals surface area (Å²) >= 11 is 5.98. The number of aliphatic carboxylic acids is 1. The molecule has 1 atom stereocenters. The summed E-state index contributed by atoms with van der Waals surface area (Å²) < 4.78 is 18.3. The molecule has 5 nitrogen and oxygen atoms in total. The van der Waals surface area contributed by atoms with Gasteiger partial charge in [0, 0.05) is 17.5 Å². The molecule has 1 aromatic carbocycles. The molecular weight excluding hydrogens is 325 g/mol. The summed E-state index contributed by atoms with van der Waals surface area (Å²) in [6.45, 7) is 5.20. The van der Waals surface area contributed by atoms with E-state index in [1.54, 1.807) is 20.8 Å². The Morgan fingerprint density at radius 2 is 2.04 bits per heavy atom. The number of carboxylic acids is 1. The predicted molar refractivity (Wildman–Crippen MR) is 85.1 cm³/mol. The van der Waals surface area contributed by atoms with E-state index in [1.165, 1.54) is 18.2 Å². The highest BCUT2D eigenvalue weighted by atomic mass is 35.5. The maximum atomic E-state index is 13.1. The van der Waals surface area contributed by atoms with E-state index in [2.05, 4.69) is 5.32 Å². The second-order valence-corrected chi connectivity index (χ2v) is 6.62. The van der Waals surface area contributed by atoms with Crippen molar-refractivity contribution in [2.75, 3.05) is 0 Å². The molecule has 1 aromatic rings. The highest BCUT2D eigenvalue weighted by Crippen LogP contribution is 2.20. The number of ether oxygens (including phenoxy) is 1. The number of alkyl carbamates (subject to hydrolysis) is 1. The number of rotatable bonds is 6. The summed E-state index contributed by atoms with van der Waals surface area (Å²) in [7, 11) is 0. The molecule has 0 saturated heterocycles. The topological polar surface area (TPSA) is 75.6 Å². The van der Waals surface area contributed by atoms with Gasteiger partial charge in [0.25, 0.3) is 0 Å². The summed E-state index contributed by atoms with van der Waals surface area (Å²) in [6, 6.07) is 3.48. The Kier molecular flexibility index (Phi) is 6.81. The lowest BCUT2D eigenvalue weighted by molar-refractivity contribution is -0.137. The average Bonchev–Trinajstić information content (AvgIpc) is 2.36. The van der Waals surface area contributed by atoms with Gasteiger partial charge in [-0.3, -0.25) is 4.79 Å². The van der Waals surface area contributed by atoms with Gasteiger partial charge in [0.2, 0.25) is 0 Å². The Morgan fingerprint density at radius 3 is 2.57 bits per heavy atom. The van der Waals surface area contributed by atoms with Crippen LogP contribution in [-0.2, 0) is 16.0 Å². The van der Waals surface area contributed by atoms with Crippen LogP contribution in [0.25, 0.3) is 0 Å². The van der Waals surface area contributed by atoms with Crippen LogP contribution in [0.1, 0.15) is 39.2 Å². The molecule has 0 spiro atoms. The number of halogens is 2. The molecule has 1 amide bonds. The Labute approximate surface area is 139 Å². The van der Waals surface area contributed by atoms with Crippen LogP contribution in [0.15, 0.2) is 18.2 Å². The molecule has 1 unspecified atom stereocenters. The molecule has 0 aliphatic rings. The minimum absolute atomic E-state index is 0.112. The first-order valence-corrected chi connectivity index (χ1v) is 7.60. The quantitative estimate of drug-likeness (QED) is 0.822. The van der Waals surface area contributed by atoms with Crippen LogP contribution < -0.4 is 5.32 Å². The fraction of sp³-hybridized carbons (Fsp3) is 0.500. The highest BCUT2D eigenvalue weighted by molar-refractivity contribution is 6.31. The predicted octanol–water partition coefficient (Wildman–Crippen LogP) is 3.78. The van der Waals surface area contributed by atoms with Gasteiger partial charge >= 0.3 is 12.1 Å². The van der Waals surface area contributed by atoms with Crippen molar-refractivity contribution in [1.82, 2.24) is 5.32 Å². The van der Waals surface area contributed by atoms with Crippen molar-refractivity contribution < 1.29 is 23.8 Å². The van der Waals surface area contributed by atoms with E-state index >= 15 is 0 Å². The molecule has 0 fully saturated rings. The first-order chi connectivity index (χ1) is 10.6. The Hall–Kier alpha value is -1.82. The van der Waals surface area contributed by atoms with E-state index in [4.69, 9.17) is 21.4 Å². The molecular formula is C16H21ClFNO4. The Morgan fingerprint density at radius 1 is 1.39 bits per heavy atom. The second-order valence-electron chi connectivity index (χ2n) is 6.22. The molecule has 128 valence electrons. The van der Waals surface area contributed by atoms with Crippen molar-refractivity contribution >= 4 is 23.7 Å². The van der Waals surface area contributed by atoms with Crippen molar-refractivity contribution in [3.63, 3.8) is 0 Å². The molecule has 0 aromatic heterocycles. The number of benzene rings is 1. The number of nitrogens with one attached hydrogen (secondary N) is 1. The third kappa shape index (κ3) is 7.83. The number of hydrogen-bond donors (Lipinski definition) is 2. The van der Waals surface area contributed by atoms with E-state index < -0.39 is 29.5 Å². The smallest absolute Gasteiger partial charge is 0.407 e. The van der Waals surface area contributed by atoms with Gasteiger partial charge in [-0.1, -0.05) is 17.7 Å². The third-order valence-electron chi connectivity index (χ3n) is 2.91. The van der Waals surface area contributed by atoms with Crippen LogP contribution in [-0.4, -0.2) is 28.8 Å². The highest BCUT2D eigenvalue weighted by Gasteiger charge is 2.21. The zero-order valence-corrected chi connectivity index (χ0v) is 14.1. The number of carboxylic acid groups (broad SMARTS) is 1. The summed E-state index contributed by atoms with van der Waals surface area (Å²) in [5.74, 6) is -1.42. The first kappa shape index (κ1) is 19.2. The SMILES string of the molecule is CC(C)(C)OC(=O)NC(CCC(=O)O)Cc1ccc(F)cc1Cl. The zero-order valence-electron chi connectivity index (χ0n) is 13.4. The van der Waals surface area contributed by atoms with Crippen molar-refractivity contribution in [2.24, 2.45) is 0 Å². The number of amides is 1. The normalized spacial score (nSPS) is 12.6. The molecule has 0 saturated carbocycles. The van der Waals surface area contributed by atoms with Crippen molar-refractivity contribution in [3.8, 4) is 0 Å². The Bertz CT molecular complexity index is 572. The minimum Gasteiger partial charge on any atom is -0.481 e. The van der Waals surface area contributed by atoms with Gasteiger partial charge in [0.1, 0.15) is 11.4 Å². The lowest BCUT2D eigenvalue weighted by Gasteiger charge is -2.23. The van der Waals surface area contributed by atoms with E-state index in [0.29, 0.717) is 5.56 Å². The maximum absolute atomic E-state index is 13.1. The number of hydrogen-bond acceptors (Lipinski definition) is 3. The van der Waals surface area contributed by atoms with Crippen LogP contribution in [0.4, 0.5) is 9.18 Å². The summed E-state index contributed by atoms with van der Waals surface area (Å²) in [6.07, 6.45) is -0.251. The van der Waals surface area contributed by atoms with Crippen LogP contribution in [0, 0.1) is 5.82 Å². The van der Waals surface area contributed by atoms with Gasteiger partial charge in [-0.15, -0.1) is 0 Å². The Balaban J connectivity index is 2.79. The summed E-state index contributed by atoms with van der Waals surface area (Å²) in [4.78, 5) is 22.6. The van der Waals surface area contributed by atoms with E-state index in [9.17, 15) is 14.0 Å². The summed E-state index contributed by atoms with van der Waals surface area (Å²) in [5.41, 5.74) is -0.0332. The van der Waals surface area contributed by atoms with Gasteiger partial charge in [-0.25, -0.2) is 9.18 Å². The van der Waals surface area contributed by atoms with Crippen molar-refractivity contribution in [3.05, 3.63) is 34.6 Å². The van der Waals surface area contributed by atoms with E-state index in [0.717, 1.165) is 0 Å². The lowest BCUT2D eigenvalue weighted by Crippen LogP contribution is -2.40. The maximum Gasteiger partial charge on any atom is 0.407 e. The monoisotopic (exact) mass is 345 g/mol. The zero-order chi connectivity index (χ0) is 17.6. The molecule has 1 rings (SSSR count). The second kappa shape index (κ2) is 8.15. The van der Waals surface area contributed by atoms with Gasteiger partial charge in [-0.2, -0.15) is 0 Å². The fourth-order valence-electron chi connectivity index (χ4n) is 1.95. The van der Waals surface area contributed by atoms with Crippen LogP contribution >= 0.6 is 11.6 Å². The molecule has 23 heavy (non-hydrogen) atoms. The van der Waals surface area contributed by atoms with Gasteiger partial charge < -0.3 is 15.2 Å². The van der Waals surface area contributed by atoms with Crippen molar-refractivity contribution in [2.45, 2.75) is 51.7 Å². The molecule has 2 N–H and O–H groups in total. The van der Waals surface area contributed by atoms with Crippen LogP contribution in [0.3, 0.4) is 0 Å². The molecule has 0 radical (unpaired) electrons. The standard InChI is InChI=1S/C16H21ClFNO4/c1-16(2,3)23-15(22)19-12(6-7-14(20)21)8-10-4-5-11(18)9-13(10)17/h4-5,9,12H,6-8H2,1-3H3,(H,19,22)(H,20,21). The van der Waals surface area contributed by atoms with Gasteiger partial charge in [-0.05, 0) is 51.3 Å². The molecule has 0 bridgehead atoms. The minimum atomic E-state index is -0.966. The number of carbonyl (C=O) groups is 2. The van der Waals surface area contributed by atoms with E-state index in [-0.39, 0.29) is 24.3 Å². The fourth-order valence-corrected chi connectivity index (χ4v) is 2.19. The average molecular weight is 346 g/mol. The number of carbonyl (C=O) groups excluding carboxylic acids is 1. The molecule has 7 heteroatoms.